The van der Waals surface area contributed by atoms with E-state index in [0.29, 0.717) is 25.5 Å². The Hall–Kier alpha value is -1.26. The van der Waals surface area contributed by atoms with Gasteiger partial charge in [0, 0.05) is 18.7 Å². The standard InChI is InChI=1S/C15H22N2O2.ClH/c16-9-10-19-14-7-5-13(6-8-14)17-15(18)11-12-3-1-2-4-12;/h5-8,12H,1-4,9-11,16H2,(H,17,18);1H. The molecule has 0 radical (unpaired) electrons. The van der Waals surface area contributed by atoms with Crippen molar-refractivity contribution in [2.75, 3.05) is 18.5 Å². The van der Waals surface area contributed by atoms with Gasteiger partial charge < -0.3 is 15.8 Å². The second-order valence-electron chi connectivity index (χ2n) is 5.06. The highest BCUT2D eigenvalue weighted by Crippen LogP contribution is 2.27. The number of hydrogen-bond acceptors (Lipinski definition) is 3. The van der Waals surface area contributed by atoms with Gasteiger partial charge in [0.25, 0.3) is 0 Å². The molecule has 1 saturated carbocycles. The van der Waals surface area contributed by atoms with Gasteiger partial charge in [0.1, 0.15) is 12.4 Å². The highest BCUT2D eigenvalue weighted by molar-refractivity contribution is 5.90. The molecule has 0 unspecified atom stereocenters. The zero-order chi connectivity index (χ0) is 13.5. The molecule has 112 valence electrons. The maximum atomic E-state index is 11.9. The zero-order valence-corrected chi connectivity index (χ0v) is 12.5. The van der Waals surface area contributed by atoms with Crippen LogP contribution in [0.4, 0.5) is 5.69 Å². The van der Waals surface area contributed by atoms with E-state index in [4.69, 9.17) is 10.5 Å². The van der Waals surface area contributed by atoms with Crippen molar-refractivity contribution in [3.05, 3.63) is 24.3 Å². The largest absolute Gasteiger partial charge is 0.492 e. The third-order valence-electron chi connectivity index (χ3n) is 3.47. The molecular weight excluding hydrogens is 276 g/mol. The van der Waals surface area contributed by atoms with E-state index in [1.165, 1.54) is 25.7 Å². The maximum Gasteiger partial charge on any atom is 0.224 e. The Morgan fingerprint density at radius 3 is 2.50 bits per heavy atom. The fraction of sp³-hybridized carbons (Fsp3) is 0.533. The molecule has 4 nitrogen and oxygen atoms in total. The SMILES string of the molecule is Cl.NCCOc1ccc(NC(=O)CC2CCCC2)cc1. The highest BCUT2D eigenvalue weighted by Gasteiger charge is 2.18. The van der Waals surface area contributed by atoms with E-state index in [2.05, 4.69) is 5.32 Å². The van der Waals surface area contributed by atoms with Crippen molar-refractivity contribution in [1.29, 1.82) is 0 Å². The van der Waals surface area contributed by atoms with Gasteiger partial charge in [0.2, 0.25) is 5.91 Å². The number of ether oxygens (including phenoxy) is 1. The normalized spacial score (nSPS) is 14.7. The molecule has 0 aromatic heterocycles. The number of nitrogens with one attached hydrogen (secondary N) is 1. The van der Waals surface area contributed by atoms with Crippen LogP contribution in [0.15, 0.2) is 24.3 Å². The summed E-state index contributed by atoms with van der Waals surface area (Å²) in [6.07, 6.45) is 5.57. The second kappa shape index (κ2) is 8.82. The highest BCUT2D eigenvalue weighted by atomic mass is 35.5. The number of carbonyl (C=O) groups excluding carboxylic acids is 1. The third kappa shape index (κ3) is 5.39. The molecule has 0 spiro atoms. The van der Waals surface area contributed by atoms with E-state index >= 15 is 0 Å². The molecule has 1 aliphatic rings. The Balaban J connectivity index is 0.00000200. The molecule has 3 N–H and O–H groups in total. The molecule has 0 saturated heterocycles. The average Bonchev–Trinajstić information content (AvgIpc) is 2.90. The molecule has 0 bridgehead atoms. The molecule has 0 heterocycles. The van der Waals surface area contributed by atoms with Crippen LogP contribution in [0.1, 0.15) is 32.1 Å². The topological polar surface area (TPSA) is 64.3 Å². The summed E-state index contributed by atoms with van der Waals surface area (Å²) in [6, 6.07) is 7.42. The van der Waals surface area contributed by atoms with Crippen LogP contribution in [-0.2, 0) is 4.79 Å². The van der Waals surface area contributed by atoms with Crippen molar-refractivity contribution in [3.63, 3.8) is 0 Å². The molecule has 1 aliphatic carbocycles. The number of carbonyl (C=O) groups is 1. The summed E-state index contributed by atoms with van der Waals surface area (Å²) >= 11 is 0. The summed E-state index contributed by atoms with van der Waals surface area (Å²) in [5, 5.41) is 2.93. The van der Waals surface area contributed by atoms with Crippen molar-refractivity contribution >= 4 is 24.0 Å². The molecule has 1 aromatic carbocycles. The smallest absolute Gasteiger partial charge is 0.224 e. The molecule has 5 heteroatoms. The van der Waals surface area contributed by atoms with Crippen molar-refractivity contribution in [3.8, 4) is 5.75 Å². The Morgan fingerprint density at radius 1 is 1.25 bits per heavy atom. The fourth-order valence-electron chi connectivity index (χ4n) is 2.50. The van der Waals surface area contributed by atoms with Crippen LogP contribution in [0.5, 0.6) is 5.75 Å². The lowest BCUT2D eigenvalue weighted by Crippen LogP contribution is -2.15. The predicted molar refractivity (Wildman–Crippen MR) is 83.4 cm³/mol. The average molecular weight is 299 g/mol. The van der Waals surface area contributed by atoms with Gasteiger partial charge >= 0.3 is 0 Å². The summed E-state index contributed by atoms with van der Waals surface area (Å²) in [5.41, 5.74) is 6.19. The van der Waals surface area contributed by atoms with Gasteiger partial charge in [-0.2, -0.15) is 0 Å². The van der Waals surface area contributed by atoms with E-state index < -0.39 is 0 Å². The minimum Gasteiger partial charge on any atom is -0.492 e. The van der Waals surface area contributed by atoms with Gasteiger partial charge in [-0.3, -0.25) is 4.79 Å². The quantitative estimate of drug-likeness (QED) is 0.848. The van der Waals surface area contributed by atoms with Crippen LogP contribution in [0.2, 0.25) is 0 Å². The molecule has 1 amide bonds. The Morgan fingerprint density at radius 2 is 1.90 bits per heavy atom. The summed E-state index contributed by atoms with van der Waals surface area (Å²) < 4.78 is 5.39. The number of amides is 1. The monoisotopic (exact) mass is 298 g/mol. The third-order valence-corrected chi connectivity index (χ3v) is 3.47. The van der Waals surface area contributed by atoms with Crippen molar-refractivity contribution in [2.45, 2.75) is 32.1 Å². The zero-order valence-electron chi connectivity index (χ0n) is 11.6. The number of hydrogen-bond donors (Lipinski definition) is 2. The second-order valence-corrected chi connectivity index (χ2v) is 5.06. The van der Waals surface area contributed by atoms with E-state index in [1.54, 1.807) is 0 Å². The van der Waals surface area contributed by atoms with Crippen LogP contribution in [-0.4, -0.2) is 19.1 Å². The van der Waals surface area contributed by atoms with Crippen molar-refractivity contribution in [2.24, 2.45) is 11.7 Å². The fourth-order valence-corrected chi connectivity index (χ4v) is 2.50. The number of benzene rings is 1. The molecule has 1 aromatic rings. The van der Waals surface area contributed by atoms with Gasteiger partial charge in [-0.25, -0.2) is 0 Å². The van der Waals surface area contributed by atoms with E-state index in [-0.39, 0.29) is 18.3 Å². The molecule has 20 heavy (non-hydrogen) atoms. The molecule has 0 atom stereocenters. The lowest BCUT2D eigenvalue weighted by Gasteiger charge is -2.10. The predicted octanol–water partition coefficient (Wildman–Crippen LogP) is 2.96. The summed E-state index contributed by atoms with van der Waals surface area (Å²) in [4.78, 5) is 11.9. The molecule has 0 aliphatic heterocycles. The van der Waals surface area contributed by atoms with Gasteiger partial charge in [0.05, 0.1) is 0 Å². The number of rotatable bonds is 6. The molecular formula is C15H23ClN2O2. The van der Waals surface area contributed by atoms with Gasteiger partial charge in [-0.05, 0) is 43.0 Å². The lowest BCUT2D eigenvalue weighted by molar-refractivity contribution is -0.117. The first kappa shape index (κ1) is 16.8. The first-order chi connectivity index (χ1) is 9.28. The Bertz CT molecular complexity index is 403. The van der Waals surface area contributed by atoms with E-state index in [1.807, 2.05) is 24.3 Å². The van der Waals surface area contributed by atoms with Crippen molar-refractivity contribution in [1.82, 2.24) is 0 Å². The van der Waals surface area contributed by atoms with Crippen molar-refractivity contribution < 1.29 is 9.53 Å². The maximum absolute atomic E-state index is 11.9. The Labute approximate surface area is 126 Å². The van der Waals surface area contributed by atoms with Crippen LogP contribution >= 0.6 is 12.4 Å². The van der Waals surface area contributed by atoms with Crippen LogP contribution in [0, 0.1) is 5.92 Å². The van der Waals surface area contributed by atoms with Crippen LogP contribution < -0.4 is 15.8 Å². The Kier molecular flexibility index (Phi) is 7.41. The van der Waals surface area contributed by atoms with Crippen LogP contribution in [0.25, 0.3) is 0 Å². The minimum atomic E-state index is 0. The summed E-state index contributed by atoms with van der Waals surface area (Å²) in [6.45, 7) is 1.01. The van der Waals surface area contributed by atoms with Gasteiger partial charge in [-0.15, -0.1) is 12.4 Å². The van der Waals surface area contributed by atoms with Crippen LogP contribution in [0.3, 0.4) is 0 Å². The summed E-state index contributed by atoms with van der Waals surface area (Å²) in [7, 11) is 0. The number of halogens is 1. The number of anilines is 1. The van der Waals surface area contributed by atoms with Gasteiger partial charge in [0.15, 0.2) is 0 Å². The number of nitrogens with two attached hydrogens (primary N) is 1. The molecule has 2 rings (SSSR count). The minimum absolute atomic E-state index is 0. The molecule has 1 fully saturated rings. The first-order valence-corrected chi connectivity index (χ1v) is 7.00. The summed E-state index contributed by atoms with van der Waals surface area (Å²) in [5.74, 6) is 1.47. The van der Waals surface area contributed by atoms with Gasteiger partial charge in [-0.1, -0.05) is 12.8 Å². The first-order valence-electron chi connectivity index (χ1n) is 7.00. The lowest BCUT2D eigenvalue weighted by atomic mass is 10.0. The van der Waals surface area contributed by atoms with E-state index in [0.717, 1.165) is 11.4 Å². The van der Waals surface area contributed by atoms with E-state index in [9.17, 15) is 4.79 Å².